The van der Waals surface area contributed by atoms with Gasteiger partial charge in [-0.3, -0.25) is 4.79 Å². The van der Waals surface area contributed by atoms with Gasteiger partial charge in [-0.25, -0.2) is 9.78 Å². The number of amides is 3. The van der Waals surface area contributed by atoms with Crippen LogP contribution in [0.3, 0.4) is 0 Å². The third kappa shape index (κ3) is 6.34. The Labute approximate surface area is 189 Å². The molecular formula is C23H30ClN5O2. The third-order valence-corrected chi connectivity index (χ3v) is 5.78. The van der Waals surface area contributed by atoms with Crippen molar-refractivity contribution in [3.63, 3.8) is 0 Å². The fraction of sp³-hybridized carbons (Fsp3) is 0.435. The number of carbonyl (C=O) groups is 2. The van der Waals surface area contributed by atoms with E-state index in [4.69, 9.17) is 11.6 Å². The summed E-state index contributed by atoms with van der Waals surface area (Å²) in [5.74, 6) is 1.02. The maximum Gasteiger partial charge on any atom is 0.317 e. The maximum atomic E-state index is 12.5. The van der Waals surface area contributed by atoms with E-state index >= 15 is 0 Å². The Morgan fingerprint density at radius 1 is 0.968 bits per heavy atom. The molecule has 1 aromatic heterocycles. The van der Waals surface area contributed by atoms with Gasteiger partial charge in [0, 0.05) is 57.0 Å². The van der Waals surface area contributed by atoms with E-state index in [9.17, 15) is 9.59 Å². The molecule has 1 N–H and O–H groups in total. The van der Waals surface area contributed by atoms with Gasteiger partial charge in [0.25, 0.3) is 0 Å². The lowest BCUT2D eigenvalue weighted by molar-refractivity contribution is -0.131. The molecule has 0 bridgehead atoms. The van der Waals surface area contributed by atoms with Crippen LogP contribution < -0.4 is 10.2 Å². The zero-order chi connectivity index (χ0) is 22.2. The van der Waals surface area contributed by atoms with Crippen LogP contribution in [0.2, 0.25) is 5.02 Å². The molecule has 0 saturated carbocycles. The number of anilines is 1. The molecule has 0 aliphatic carbocycles. The minimum absolute atomic E-state index is 0.0711. The summed E-state index contributed by atoms with van der Waals surface area (Å²) >= 11 is 5.89. The number of urea groups is 1. The summed E-state index contributed by atoms with van der Waals surface area (Å²) in [4.78, 5) is 35.3. The first-order valence-electron chi connectivity index (χ1n) is 10.7. The highest BCUT2D eigenvalue weighted by Crippen LogP contribution is 2.13. The van der Waals surface area contributed by atoms with Crippen LogP contribution in [-0.2, 0) is 17.8 Å². The number of aromatic nitrogens is 1. The summed E-state index contributed by atoms with van der Waals surface area (Å²) < 4.78 is 0. The van der Waals surface area contributed by atoms with Crippen LogP contribution in [0.15, 0.2) is 42.6 Å². The lowest BCUT2D eigenvalue weighted by Crippen LogP contribution is -2.53. The Morgan fingerprint density at radius 3 is 2.16 bits per heavy atom. The molecular weight excluding hydrogens is 414 g/mol. The van der Waals surface area contributed by atoms with Crippen LogP contribution in [0.5, 0.6) is 0 Å². The molecule has 166 valence electrons. The lowest BCUT2D eigenvalue weighted by Gasteiger charge is -2.34. The number of nitrogens with zero attached hydrogens (tertiary/aromatic N) is 4. The highest BCUT2D eigenvalue weighted by atomic mass is 35.5. The van der Waals surface area contributed by atoms with E-state index in [1.165, 1.54) is 0 Å². The van der Waals surface area contributed by atoms with E-state index in [0.717, 1.165) is 30.0 Å². The Balaban J connectivity index is 1.42. The van der Waals surface area contributed by atoms with Gasteiger partial charge in [0.2, 0.25) is 5.91 Å². The van der Waals surface area contributed by atoms with Crippen LogP contribution in [0.1, 0.15) is 25.0 Å². The number of pyridine rings is 1. The van der Waals surface area contributed by atoms with Crippen LogP contribution in [0, 0.1) is 0 Å². The predicted octanol–water partition coefficient (Wildman–Crippen LogP) is 3.18. The van der Waals surface area contributed by atoms with E-state index in [-0.39, 0.29) is 11.9 Å². The SMILES string of the molecule is CCN(CC)c1ccc(CNC(=O)N2CCN(C(=O)Cc3ccc(Cl)cc3)CC2)cn1. The van der Waals surface area contributed by atoms with Crippen molar-refractivity contribution < 1.29 is 9.59 Å². The molecule has 2 heterocycles. The molecule has 1 saturated heterocycles. The van der Waals surface area contributed by atoms with E-state index in [0.29, 0.717) is 44.2 Å². The molecule has 1 aliphatic rings. The second kappa shape index (κ2) is 11.0. The summed E-state index contributed by atoms with van der Waals surface area (Å²) in [6.45, 7) is 8.59. The highest BCUT2D eigenvalue weighted by molar-refractivity contribution is 6.30. The number of hydrogen-bond acceptors (Lipinski definition) is 4. The maximum absolute atomic E-state index is 12.5. The van der Waals surface area contributed by atoms with Gasteiger partial charge in [-0.1, -0.05) is 29.8 Å². The van der Waals surface area contributed by atoms with Crippen molar-refractivity contribution in [3.05, 3.63) is 58.7 Å². The van der Waals surface area contributed by atoms with Crippen molar-refractivity contribution >= 4 is 29.4 Å². The monoisotopic (exact) mass is 443 g/mol. The van der Waals surface area contributed by atoms with E-state index < -0.39 is 0 Å². The van der Waals surface area contributed by atoms with Gasteiger partial charge < -0.3 is 20.0 Å². The van der Waals surface area contributed by atoms with Gasteiger partial charge in [-0.15, -0.1) is 0 Å². The van der Waals surface area contributed by atoms with Crippen LogP contribution >= 0.6 is 11.6 Å². The summed E-state index contributed by atoms with van der Waals surface area (Å²) in [5, 5.41) is 3.61. The molecule has 0 atom stereocenters. The van der Waals surface area contributed by atoms with Crippen molar-refractivity contribution in [1.82, 2.24) is 20.1 Å². The number of piperazine rings is 1. The standard InChI is InChI=1S/C23H30ClN5O2/c1-3-27(4-2)21-10-7-19(16-25-21)17-26-23(31)29-13-11-28(12-14-29)22(30)15-18-5-8-20(24)9-6-18/h5-10,16H,3-4,11-15,17H2,1-2H3,(H,26,31). The van der Waals surface area contributed by atoms with Crippen molar-refractivity contribution in [3.8, 4) is 0 Å². The second-order valence-corrected chi connectivity index (χ2v) is 7.96. The normalized spacial score (nSPS) is 13.8. The number of carbonyl (C=O) groups excluding carboxylic acids is 2. The molecule has 8 heteroatoms. The highest BCUT2D eigenvalue weighted by Gasteiger charge is 2.24. The quantitative estimate of drug-likeness (QED) is 0.713. The fourth-order valence-electron chi connectivity index (χ4n) is 3.59. The summed E-state index contributed by atoms with van der Waals surface area (Å²) in [7, 11) is 0. The largest absolute Gasteiger partial charge is 0.357 e. The zero-order valence-corrected chi connectivity index (χ0v) is 18.9. The molecule has 31 heavy (non-hydrogen) atoms. The van der Waals surface area contributed by atoms with Crippen molar-refractivity contribution in [2.75, 3.05) is 44.2 Å². The predicted molar refractivity (Wildman–Crippen MR) is 123 cm³/mol. The Morgan fingerprint density at radius 2 is 1.58 bits per heavy atom. The smallest absolute Gasteiger partial charge is 0.317 e. The summed E-state index contributed by atoms with van der Waals surface area (Å²) in [5.41, 5.74) is 1.90. The van der Waals surface area contributed by atoms with Crippen LogP contribution in [-0.4, -0.2) is 66.0 Å². The molecule has 3 amide bonds. The van der Waals surface area contributed by atoms with Gasteiger partial charge in [0.05, 0.1) is 6.42 Å². The Hall–Kier alpha value is -2.80. The molecule has 0 radical (unpaired) electrons. The second-order valence-electron chi connectivity index (χ2n) is 7.53. The summed E-state index contributed by atoms with van der Waals surface area (Å²) in [6, 6.07) is 11.2. The molecule has 7 nitrogen and oxygen atoms in total. The van der Waals surface area contributed by atoms with Crippen LogP contribution in [0.4, 0.5) is 10.6 Å². The number of benzene rings is 1. The molecule has 0 unspecified atom stereocenters. The fourth-order valence-corrected chi connectivity index (χ4v) is 3.72. The van der Waals surface area contributed by atoms with E-state index in [1.54, 1.807) is 23.2 Å². The van der Waals surface area contributed by atoms with E-state index in [1.807, 2.05) is 29.2 Å². The number of nitrogens with one attached hydrogen (secondary N) is 1. The van der Waals surface area contributed by atoms with Gasteiger partial charge in [0.1, 0.15) is 5.82 Å². The van der Waals surface area contributed by atoms with Gasteiger partial charge >= 0.3 is 6.03 Å². The summed E-state index contributed by atoms with van der Waals surface area (Å²) in [6.07, 6.45) is 2.15. The molecule has 2 aromatic rings. The molecule has 0 spiro atoms. The lowest BCUT2D eigenvalue weighted by atomic mass is 10.1. The first-order valence-corrected chi connectivity index (χ1v) is 11.1. The number of hydrogen-bond donors (Lipinski definition) is 1. The number of rotatable bonds is 7. The van der Waals surface area contributed by atoms with Gasteiger partial charge in [0.15, 0.2) is 0 Å². The average molecular weight is 444 g/mol. The third-order valence-electron chi connectivity index (χ3n) is 5.53. The van der Waals surface area contributed by atoms with Gasteiger partial charge in [-0.05, 0) is 43.2 Å². The molecule has 1 aliphatic heterocycles. The van der Waals surface area contributed by atoms with E-state index in [2.05, 4.69) is 29.0 Å². The molecule has 1 fully saturated rings. The molecule has 1 aromatic carbocycles. The van der Waals surface area contributed by atoms with Crippen molar-refractivity contribution in [1.29, 1.82) is 0 Å². The van der Waals surface area contributed by atoms with Crippen LogP contribution in [0.25, 0.3) is 0 Å². The Bertz CT molecular complexity index is 861. The first-order chi connectivity index (χ1) is 15.0. The van der Waals surface area contributed by atoms with Crippen molar-refractivity contribution in [2.24, 2.45) is 0 Å². The zero-order valence-electron chi connectivity index (χ0n) is 18.2. The topological polar surface area (TPSA) is 68.8 Å². The Kier molecular flexibility index (Phi) is 8.12. The molecule has 3 rings (SSSR count). The first kappa shape index (κ1) is 22.9. The average Bonchev–Trinajstić information content (AvgIpc) is 2.80. The minimum Gasteiger partial charge on any atom is -0.357 e. The van der Waals surface area contributed by atoms with Gasteiger partial charge in [-0.2, -0.15) is 0 Å². The van der Waals surface area contributed by atoms with Crippen molar-refractivity contribution in [2.45, 2.75) is 26.8 Å². The minimum atomic E-state index is -0.113. The number of halogens is 1.